The van der Waals surface area contributed by atoms with Gasteiger partial charge < -0.3 is 6.33 Å². The van der Waals surface area contributed by atoms with Crippen molar-refractivity contribution in [2.75, 3.05) is 4.90 Å². The summed E-state index contributed by atoms with van der Waals surface area (Å²) in [5, 5.41) is 0. The fourth-order valence-electron chi connectivity index (χ4n) is 3.01. The van der Waals surface area contributed by atoms with Gasteiger partial charge in [-0.1, -0.05) is 38.1 Å². The van der Waals surface area contributed by atoms with Crippen molar-refractivity contribution in [3.63, 3.8) is 0 Å². The summed E-state index contributed by atoms with van der Waals surface area (Å²) in [7, 11) is -4.44. The standard InChI is InChI=1S/C18H17NO5S.Na.H/c1-11(2)14-6-4-3-5-12(14)10-19-16-8-7-13(25(22,23)24)9-15(16)17(20)18(19)21;;/h3-9,11H,10H2,1-2H3,(H,22,23,24);;/q;+1;-1. The Morgan fingerprint density at radius 1 is 1.12 bits per heavy atom. The van der Waals surface area contributed by atoms with E-state index in [9.17, 15) is 18.0 Å². The van der Waals surface area contributed by atoms with Gasteiger partial charge in [0.15, 0.2) is 0 Å². The van der Waals surface area contributed by atoms with E-state index in [1.54, 1.807) is 0 Å². The summed E-state index contributed by atoms with van der Waals surface area (Å²) >= 11 is 0. The Bertz CT molecular complexity index is 991. The molecule has 0 unspecified atom stereocenters. The Kier molecular flexibility index (Phi) is 6.09. The van der Waals surface area contributed by atoms with E-state index in [1.165, 1.54) is 17.0 Å². The number of Topliss-reactive ketones (excluding diaryl/α,β-unsaturated/α-hetero) is 1. The third-order valence-electron chi connectivity index (χ3n) is 4.25. The number of fused-ring (bicyclic) bond motifs is 1. The largest absolute Gasteiger partial charge is 1.00 e. The molecule has 2 aromatic rings. The van der Waals surface area contributed by atoms with Crippen LogP contribution in [0.4, 0.5) is 5.69 Å². The molecular weight excluding hydrogens is 365 g/mol. The van der Waals surface area contributed by atoms with E-state index in [4.69, 9.17) is 4.55 Å². The maximum atomic E-state index is 12.4. The number of nitrogens with zero attached hydrogens (tertiary/aromatic N) is 1. The Hall–Kier alpha value is -1.51. The summed E-state index contributed by atoms with van der Waals surface area (Å²) in [4.78, 5) is 25.5. The van der Waals surface area contributed by atoms with E-state index >= 15 is 0 Å². The van der Waals surface area contributed by atoms with E-state index in [2.05, 4.69) is 0 Å². The topological polar surface area (TPSA) is 91.8 Å². The van der Waals surface area contributed by atoms with Gasteiger partial charge in [0.25, 0.3) is 21.8 Å². The first kappa shape index (κ1) is 20.8. The van der Waals surface area contributed by atoms with Crippen LogP contribution in [0.5, 0.6) is 0 Å². The number of benzene rings is 2. The Morgan fingerprint density at radius 2 is 1.77 bits per heavy atom. The van der Waals surface area contributed by atoms with Crippen LogP contribution in [-0.4, -0.2) is 24.7 Å². The van der Waals surface area contributed by atoms with Crippen LogP contribution in [0.25, 0.3) is 0 Å². The molecule has 8 heteroatoms. The van der Waals surface area contributed by atoms with Gasteiger partial charge in [0.2, 0.25) is 0 Å². The average molecular weight is 383 g/mol. The summed E-state index contributed by atoms with van der Waals surface area (Å²) in [5.41, 5.74) is 2.33. The molecule has 0 saturated carbocycles. The average Bonchev–Trinajstić information content (AvgIpc) is 2.79. The maximum Gasteiger partial charge on any atom is 1.00 e. The summed E-state index contributed by atoms with van der Waals surface area (Å²) in [6.07, 6.45) is 0. The summed E-state index contributed by atoms with van der Waals surface area (Å²) in [6.45, 7) is 4.31. The van der Waals surface area contributed by atoms with Gasteiger partial charge in [0, 0.05) is 0 Å². The van der Waals surface area contributed by atoms with Gasteiger partial charge in [0.1, 0.15) is 0 Å². The number of amides is 1. The van der Waals surface area contributed by atoms with Gasteiger partial charge in [0.05, 0.1) is 22.7 Å². The van der Waals surface area contributed by atoms with Crippen molar-refractivity contribution in [1.82, 2.24) is 0 Å². The molecule has 0 fully saturated rings. The molecule has 1 aliphatic rings. The van der Waals surface area contributed by atoms with Gasteiger partial charge in [-0.3, -0.25) is 14.1 Å². The van der Waals surface area contributed by atoms with Gasteiger partial charge in [-0.2, -0.15) is 8.42 Å². The SMILES string of the molecule is CC(C)c1ccccc1CN1C(=O)C(=O)c2cc(S(=O)(=O)O)ccc21.[H-].[Na+]. The molecule has 1 aliphatic heterocycles. The summed E-state index contributed by atoms with van der Waals surface area (Å²) in [5.74, 6) is -1.23. The molecule has 1 heterocycles. The van der Waals surface area contributed by atoms with Crippen LogP contribution in [0.15, 0.2) is 47.4 Å². The van der Waals surface area contributed by atoms with Gasteiger partial charge >= 0.3 is 29.6 Å². The number of ketones is 1. The molecule has 132 valence electrons. The molecule has 0 saturated heterocycles. The molecule has 0 aliphatic carbocycles. The van der Waals surface area contributed by atoms with Gasteiger partial charge in [-0.15, -0.1) is 0 Å². The molecule has 6 nitrogen and oxygen atoms in total. The second-order valence-corrected chi connectivity index (χ2v) is 7.65. The molecular formula is C18H18NNaO5S. The smallest absolute Gasteiger partial charge is 1.00 e. The minimum Gasteiger partial charge on any atom is -1.00 e. The fraction of sp³-hybridized carbons (Fsp3) is 0.222. The zero-order chi connectivity index (χ0) is 18.4. The molecule has 26 heavy (non-hydrogen) atoms. The first-order valence-electron chi connectivity index (χ1n) is 7.75. The van der Waals surface area contributed by atoms with E-state index < -0.39 is 26.7 Å². The first-order chi connectivity index (χ1) is 11.7. The normalized spacial score (nSPS) is 13.8. The van der Waals surface area contributed by atoms with E-state index in [0.717, 1.165) is 17.2 Å². The summed E-state index contributed by atoms with van der Waals surface area (Å²) < 4.78 is 31.7. The molecule has 2 aromatic carbocycles. The summed E-state index contributed by atoms with van der Waals surface area (Å²) in [6, 6.07) is 11.3. The predicted octanol–water partition coefficient (Wildman–Crippen LogP) is -0.0973. The van der Waals surface area contributed by atoms with Crippen LogP contribution >= 0.6 is 0 Å². The van der Waals surface area contributed by atoms with Crippen molar-refractivity contribution in [3.05, 3.63) is 59.2 Å². The Morgan fingerprint density at radius 3 is 2.38 bits per heavy atom. The number of carbonyl (C=O) groups is 2. The Labute approximate surface area is 175 Å². The van der Waals surface area contributed by atoms with Crippen LogP contribution in [0, 0.1) is 0 Å². The van der Waals surface area contributed by atoms with Gasteiger partial charge in [-0.05, 0) is 35.2 Å². The maximum absolute atomic E-state index is 12.4. The number of anilines is 1. The first-order valence-corrected chi connectivity index (χ1v) is 9.19. The molecule has 1 N–H and O–H groups in total. The van der Waals surface area contributed by atoms with Crippen molar-refractivity contribution < 1.29 is 53.5 Å². The number of hydrogen-bond donors (Lipinski definition) is 1. The minimum absolute atomic E-state index is 0. The van der Waals surface area contributed by atoms with Crippen LogP contribution in [0.1, 0.15) is 42.7 Å². The molecule has 1 amide bonds. The molecule has 0 atom stereocenters. The molecule has 0 aromatic heterocycles. The zero-order valence-electron chi connectivity index (χ0n) is 15.8. The van der Waals surface area contributed by atoms with Crippen LogP contribution in [0.3, 0.4) is 0 Å². The third-order valence-corrected chi connectivity index (χ3v) is 5.10. The van der Waals surface area contributed by atoms with Crippen LogP contribution < -0.4 is 34.5 Å². The zero-order valence-corrected chi connectivity index (χ0v) is 17.6. The van der Waals surface area contributed by atoms with Crippen LogP contribution in [0.2, 0.25) is 0 Å². The molecule has 0 spiro atoms. The fourth-order valence-corrected chi connectivity index (χ4v) is 3.52. The third kappa shape index (κ3) is 3.77. The van der Waals surface area contributed by atoms with E-state index in [0.29, 0.717) is 5.69 Å². The minimum atomic E-state index is -4.44. The monoisotopic (exact) mass is 383 g/mol. The van der Waals surface area contributed by atoms with E-state index in [-0.39, 0.29) is 49.0 Å². The van der Waals surface area contributed by atoms with Crippen LogP contribution in [-0.2, 0) is 21.5 Å². The number of carbonyl (C=O) groups excluding carboxylic acids is 2. The molecule has 0 bridgehead atoms. The van der Waals surface area contributed by atoms with Crippen molar-refractivity contribution in [2.24, 2.45) is 0 Å². The second kappa shape index (κ2) is 7.62. The number of hydrogen-bond acceptors (Lipinski definition) is 4. The van der Waals surface area contributed by atoms with E-state index in [1.807, 2.05) is 38.1 Å². The van der Waals surface area contributed by atoms with Crippen molar-refractivity contribution in [1.29, 1.82) is 0 Å². The van der Waals surface area contributed by atoms with Crippen molar-refractivity contribution in [3.8, 4) is 0 Å². The molecule has 3 rings (SSSR count). The Balaban J connectivity index is 0.00000182. The van der Waals surface area contributed by atoms with Crippen molar-refractivity contribution in [2.45, 2.75) is 31.2 Å². The quantitative estimate of drug-likeness (QED) is 0.452. The van der Waals surface area contributed by atoms with Crippen molar-refractivity contribution >= 4 is 27.5 Å². The number of rotatable bonds is 4. The second-order valence-electron chi connectivity index (χ2n) is 6.23. The molecule has 0 radical (unpaired) electrons. The van der Waals surface area contributed by atoms with Gasteiger partial charge in [-0.25, -0.2) is 0 Å². The predicted molar refractivity (Wildman–Crippen MR) is 93.4 cm³/mol.